The number of nitrogens with zero attached hydrogens (tertiary/aromatic N) is 1. The first kappa shape index (κ1) is 11.7. The van der Waals surface area contributed by atoms with E-state index in [-0.39, 0.29) is 0 Å². The van der Waals surface area contributed by atoms with E-state index in [0.717, 1.165) is 24.1 Å². The molecule has 0 radical (unpaired) electrons. The van der Waals surface area contributed by atoms with Crippen LogP contribution in [0.5, 0.6) is 0 Å². The summed E-state index contributed by atoms with van der Waals surface area (Å²) < 4.78 is 0. The van der Waals surface area contributed by atoms with Gasteiger partial charge in [-0.2, -0.15) is 0 Å². The quantitative estimate of drug-likeness (QED) is 0.870. The van der Waals surface area contributed by atoms with Gasteiger partial charge in [0, 0.05) is 12.0 Å². The standard InChI is InChI=1S/C15H19NO2/c1-10-4-2-5-12(15(17)18)14(10)11-7-9-16-8-3-6-13(11)16/h2,4-5,11,13H,3,6-9H2,1H3,(H,17,18). The van der Waals surface area contributed by atoms with Crippen molar-refractivity contribution in [3.05, 3.63) is 34.9 Å². The number of rotatable bonds is 2. The number of benzene rings is 1. The zero-order valence-electron chi connectivity index (χ0n) is 10.7. The lowest BCUT2D eigenvalue weighted by Gasteiger charge is -2.23. The molecule has 1 aromatic carbocycles. The highest BCUT2D eigenvalue weighted by molar-refractivity contribution is 5.90. The number of hydrogen-bond acceptors (Lipinski definition) is 2. The fourth-order valence-electron chi connectivity index (χ4n) is 3.78. The van der Waals surface area contributed by atoms with Crippen LogP contribution in [-0.4, -0.2) is 35.1 Å². The highest BCUT2D eigenvalue weighted by Crippen LogP contribution is 2.41. The molecule has 2 atom stereocenters. The number of aryl methyl sites for hydroxylation is 1. The lowest BCUT2D eigenvalue weighted by Crippen LogP contribution is -2.26. The van der Waals surface area contributed by atoms with Crippen molar-refractivity contribution in [3.63, 3.8) is 0 Å². The lowest BCUT2D eigenvalue weighted by atomic mass is 9.84. The Labute approximate surface area is 107 Å². The molecule has 0 aromatic heterocycles. The van der Waals surface area contributed by atoms with Gasteiger partial charge in [-0.05, 0) is 56.5 Å². The summed E-state index contributed by atoms with van der Waals surface area (Å²) in [5.41, 5.74) is 2.72. The van der Waals surface area contributed by atoms with E-state index in [9.17, 15) is 9.90 Å². The zero-order chi connectivity index (χ0) is 12.7. The van der Waals surface area contributed by atoms with Crippen LogP contribution >= 0.6 is 0 Å². The number of hydrogen-bond donors (Lipinski definition) is 1. The summed E-state index contributed by atoms with van der Waals surface area (Å²) in [5.74, 6) is -0.370. The van der Waals surface area contributed by atoms with Crippen LogP contribution in [0.15, 0.2) is 18.2 Å². The smallest absolute Gasteiger partial charge is 0.335 e. The molecule has 2 fully saturated rings. The predicted molar refractivity (Wildman–Crippen MR) is 70.1 cm³/mol. The van der Waals surface area contributed by atoms with E-state index >= 15 is 0 Å². The topological polar surface area (TPSA) is 40.5 Å². The maximum atomic E-state index is 11.4. The van der Waals surface area contributed by atoms with Gasteiger partial charge in [0.1, 0.15) is 0 Å². The molecule has 1 aromatic rings. The molecule has 0 aliphatic carbocycles. The molecule has 2 aliphatic rings. The van der Waals surface area contributed by atoms with Gasteiger partial charge in [0.05, 0.1) is 5.56 Å². The maximum Gasteiger partial charge on any atom is 0.335 e. The van der Waals surface area contributed by atoms with Crippen LogP contribution < -0.4 is 0 Å². The fourth-order valence-corrected chi connectivity index (χ4v) is 3.78. The zero-order valence-corrected chi connectivity index (χ0v) is 10.7. The fraction of sp³-hybridized carbons (Fsp3) is 0.533. The second kappa shape index (κ2) is 4.39. The molecule has 0 spiro atoms. The van der Waals surface area contributed by atoms with E-state index < -0.39 is 5.97 Å². The van der Waals surface area contributed by atoms with E-state index in [2.05, 4.69) is 4.90 Å². The van der Waals surface area contributed by atoms with E-state index in [1.807, 2.05) is 19.1 Å². The molecule has 3 rings (SSSR count). The molecule has 2 heterocycles. The second-order valence-electron chi connectivity index (χ2n) is 5.48. The first-order chi connectivity index (χ1) is 8.68. The van der Waals surface area contributed by atoms with Gasteiger partial charge in [0.2, 0.25) is 0 Å². The molecular formula is C15H19NO2. The van der Waals surface area contributed by atoms with Crippen molar-refractivity contribution in [2.75, 3.05) is 13.1 Å². The third-order valence-electron chi connectivity index (χ3n) is 4.53. The van der Waals surface area contributed by atoms with Crippen molar-refractivity contribution in [1.82, 2.24) is 4.90 Å². The maximum absolute atomic E-state index is 11.4. The molecule has 3 heteroatoms. The number of carbonyl (C=O) groups is 1. The van der Waals surface area contributed by atoms with Gasteiger partial charge in [-0.25, -0.2) is 4.79 Å². The summed E-state index contributed by atoms with van der Waals surface area (Å²) in [7, 11) is 0. The van der Waals surface area contributed by atoms with Gasteiger partial charge in [-0.15, -0.1) is 0 Å². The number of aromatic carboxylic acids is 1. The first-order valence-corrected chi connectivity index (χ1v) is 6.75. The Kier molecular flexibility index (Phi) is 2.86. The summed E-state index contributed by atoms with van der Waals surface area (Å²) >= 11 is 0. The average Bonchev–Trinajstić information content (AvgIpc) is 2.91. The Morgan fingerprint density at radius 2 is 2.17 bits per heavy atom. The summed E-state index contributed by atoms with van der Waals surface area (Å²) in [5, 5.41) is 9.38. The lowest BCUT2D eigenvalue weighted by molar-refractivity contribution is 0.0694. The van der Waals surface area contributed by atoms with E-state index in [1.54, 1.807) is 6.07 Å². The van der Waals surface area contributed by atoms with Crippen LogP contribution in [0.1, 0.15) is 46.7 Å². The Hall–Kier alpha value is -1.35. The summed E-state index contributed by atoms with van der Waals surface area (Å²) in [4.78, 5) is 13.9. The van der Waals surface area contributed by atoms with Crippen molar-refractivity contribution in [3.8, 4) is 0 Å². The van der Waals surface area contributed by atoms with Gasteiger partial charge in [-0.3, -0.25) is 4.90 Å². The number of fused-ring (bicyclic) bond motifs is 1. The Morgan fingerprint density at radius 1 is 1.33 bits per heavy atom. The molecule has 0 amide bonds. The molecule has 3 nitrogen and oxygen atoms in total. The summed E-state index contributed by atoms with van der Waals surface area (Å²) in [6.07, 6.45) is 3.59. The molecule has 96 valence electrons. The molecule has 2 saturated heterocycles. The van der Waals surface area contributed by atoms with Crippen LogP contribution in [0, 0.1) is 6.92 Å². The number of carboxylic acids is 1. The highest BCUT2D eigenvalue weighted by Gasteiger charge is 2.39. The van der Waals surface area contributed by atoms with E-state index in [4.69, 9.17) is 0 Å². The SMILES string of the molecule is Cc1cccc(C(=O)O)c1C1CCN2CCCC12. The van der Waals surface area contributed by atoms with Crippen LogP contribution in [0.3, 0.4) is 0 Å². The van der Waals surface area contributed by atoms with Gasteiger partial charge in [-0.1, -0.05) is 12.1 Å². The molecular weight excluding hydrogens is 226 g/mol. The first-order valence-electron chi connectivity index (χ1n) is 6.75. The minimum absolute atomic E-state index is 0.416. The Morgan fingerprint density at radius 3 is 2.94 bits per heavy atom. The normalized spacial score (nSPS) is 27.4. The van der Waals surface area contributed by atoms with Gasteiger partial charge >= 0.3 is 5.97 Å². The van der Waals surface area contributed by atoms with Crippen molar-refractivity contribution in [2.24, 2.45) is 0 Å². The van der Waals surface area contributed by atoms with Crippen molar-refractivity contribution in [1.29, 1.82) is 0 Å². The van der Waals surface area contributed by atoms with Crippen molar-refractivity contribution in [2.45, 2.75) is 38.1 Å². The highest BCUT2D eigenvalue weighted by atomic mass is 16.4. The second-order valence-corrected chi connectivity index (χ2v) is 5.48. The third kappa shape index (κ3) is 1.74. The molecule has 1 N–H and O–H groups in total. The van der Waals surface area contributed by atoms with Gasteiger partial charge in [0.15, 0.2) is 0 Å². The monoisotopic (exact) mass is 245 g/mol. The molecule has 0 bridgehead atoms. The molecule has 18 heavy (non-hydrogen) atoms. The van der Waals surface area contributed by atoms with Crippen LogP contribution in [-0.2, 0) is 0 Å². The van der Waals surface area contributed by atoms with Crippen LogP contribution in [0.25, 0.3) is 0 Å². The molecule has 0 saturated carbocycles. The summed E-state index contributed by atoms with van der Waals surface area (Å²) in [6, 6.07) is 6.22. The summed E-state index contributed by atoms with van der Waals surface area (Å²) in [6.45, 7) is 4.36. The van der Waals surface area contributed by atoms with Crippen LogP contribution in [0.2, 0.25) is 0 Å². The predicted octanol–water partition coefficient (Wildman–Crippen LogP) is 2.64. The number of carboxylic acid groups (broad SMARTS) is 1. The Bertz CT molecular complexity index is 483. The largest absolute Gasteiger partial charge is 0.478 e. The molecule has 2 unspecified atom stereocenters. The van der Waals surface area contributed by atoms with Crippen LogP contribution in [0.4, 0.5) is 0 Å². The van der Waals surface area contributed by atoms with Crippen molar-refractivity contribution < 1.29 is 9.90 Å². The van der Waals surface area contributed by atoms with Gasteiger partial charge < -0.3 is 5.11 Å². The average molecular weight is 245 g/mol. The Balaban J connectivity index is 2.03. The minimum Gasteiger partial charge on any atom is -0.478 e. The third-order valence-corrected chi connectivity index (χ3v) is 4.53. The van der Waals surface area contributed by atoms with E-state index in [0.29, 0.717) is 17.5 Å². The molecule has 2 aliphatic heterocycles. The minimum atomic E-state index is -0.787. The van der Waals surface area contributed by atoms with E-state index in [1.165, 1.54) is 19.4 Å². The van der Waals surface area contributed by atoms with Crippen molar-refractivity contribution >= 4 is 5.97 Å². The van der Waals surface area contributed by atoms with Gasteiger partial charge in [0.25, 0.3) is 0 Å².